The van der Waals surface area contributed by atoms with Gasteiger partial charge in [0.05, 0.1) is 0 Å². The van der Waals surface area contributed by atoms with Crippen molar-refractivity contribution < 1.29 is 23.1 Å². The van der Waals surface area contributed by atoms with Gasteiger partial charge in [-0.05, 0) is 70.3 Å². The van der Waals surface area contributed by atoms with Crippen LogP contribution in [-0.4, -0.2) is 76.4 Å². The number of carbonyl (C=O) groups is 1. The maximum Gasteiger partial charge on any atom is 0.417 e. The van der Waals surface area contributed by atoms with Crippen LogP contribution in [0.25, 0.3) is 0 Å². The number of hydrogen-bond donors (Lipinski definition) is 2. The number of alkyl halides is 3. The van der Waals surface area contributed by atoms with E-state index in [2.05, 4.69) is 42.0 Å². The first-order valence-corrected chi connectivity index (χ1v) is 15.3. The van der Waals surface area contributed by atoms with Crippen molar-refractivity contribution in [2.45, 2.75) is 114 Å². The first kappa shape index (κ1) is 29.5. The number of amides is 1. The fraction of sp³-hybridized carbons (Fsp3) is 0.833. The van der Waals surface area contributed by atoms with Crippen molar-refractivity contribution in [3.05, 3.63) is 17.6 Å². The van der Waals surface area contributed by atoms with Crippen LogP contribution in [0.15, 0.2) is 6.07 Å². The van der Waals surface area contributed by atoms with Crippen LogP contribution in [0.1, 0.15) is 102 Å². The van der Waals surface area contributed by atoms with Gasteiger partial charge in [-0.1, -0.05) is 27.2 Å². The zero-order chi connectivity index (χ0) is 28.7. The summed E-state index contributed by atoms with van der Waals surface area (Å²) in [5, 5.41) is 12.6. The summed E-state index contributed by atoms with van der Waals surface area (Å²) in [6.45, 7) is 11.6. The molecule has 1 aromatic heterocycles. The largest absolute Gasteiger partial charge is 0.417 e. The van der Waals surface area contributed by atoms with Crippen LogP contribution in [0.4, 0.5) is 19.0 Å². The Kier molecular flexibility index (Phi) is 8.41. The van der Waals surface area contributed by atoms with Crippen molar-refractivity contribution in [2.24, 2.45) is 11.8 Å². The van der Waals surface area contributed by atoms with Crippen LogP contribution in [-0.2, 0) is 10.2 Å². The Balaban J connectivity index is 1.02. The third kappa shape index (κ3) is 6.58. The smallest absolute Gasteiger partial charge is 0.380 e. The molecule has 0 radical (unpaired) electrons. The van der Waals surface area contributed by atoms with Crippen LogP contribution in [0.5, 0.6) is 0 Å². The van der Waals surface area contributed by atoms with Crippen molar-refractivity contribution in [1.29, 1.82) is 0 Å². The fourth-order valence-electron chi connectivity index (χ4n) is 6.52. The number of halogens is 3. The molecule has 0 bridgehead atoms. The molecule has 0 atom stereocenters. The van der Waals surface area contributed by atoms with E-state index in [4.69, 9.17) is 9.97 Å². The minimum atomic E-state index is -4.67. The molecule has 1 amide bonds. The van der Waals surface area contributed by atoms with Gasteiger partial charge in [0.25, 0.3) is 0 Å². The molecule has 4 aliphatic rings. The van der Waals surface area contributed by atoms with E-state index >= 15 is 0 Å². The predicted octanol–water partition coefficient (Wildman–Crippen LogP) is 4.93. The Bertz CT molecular complexity index is 1030. The Labute approximate surface area is 236 Å². The second kappa shape index (κ2) is 11.4. The van der Waals surface area contributed by atoms with Crippen molar-refractivity contribution in [3.63, 3.8) is 0 Å². The van der Waals surface area contributed by atoms with Gasteiger partial charge in [-0.15, -0.1) is 0 Å². The molecule has 1 saturated heterocycles. The monoisotopic (exact) mass is 565 g/mol. The van der Waals surface area contributed by atoms with Crippen molar-refractivity contribution in [1.82, 2.24) is 20.2 Å². The molecule has 3 aliphatic carbocycles. The lowest BCUT2D eigenvalue weighted by atomic mass is 9.69. The summed E-state index contributed by atoms with van der Waals surface area (Å²) >= 11 is 0. The van der Waals surface area contributed by atoms with Gasteiger partial charge in [-0.3, -0.25) is 9.69 Å². The van der Waals surface area contributed by atoms with Gasteiger partial charge in [0.2, 0.25) is 5.91 Å². The highest BCUT2D eigenvalue weighted by Crippen LogP contribution is 2.48. The number of nitrogens with zero attached hydrogens (tertiary/aromatic N) is 4. The Morgan fingerprint density at radius 1 is 1.02 bits per heavy atom. The highest BCUT2D eigenvalue weighted by molar-refractivity contribution is 5.80. The molecule has 3 saturated carbocycles. The average Bonchev–Trinajstić information content (AvgIpc) is 2.84. The first-order valence-electron chi connectivity index (χ1n) is 15.3. The Morgan fingerprint density at radius 2 is 1.68 bits per heavy atom. The average molecular weight is 566 g/mol. The van der Waals surface area contributed by atoms with E-state index in [1.807, 2.05) is 0 Å². The highest BCUT2D eigenvalue weighted by atomic mass is 19.4. The van der Waals surface area contributed by atoms with Gasteiger partial charge in [-0.25, -0.2) is 9.97 Å². The van der Waals surface area contributed by atoms with Crippen LogP contribution in [0.3, 0.4) is 0 Å². The van der Waals surface area contributed by atoms with Crippen molar-refractivity contribution in [3.8, 4) is 0 Å². The SMILES string of the molecule is CC(C)(C)c1nc(C2CCC2)cc(N2CCN(CC[C@H]3CC[C@H](NC(=O)C4CC(O)(C(F)(F)F)C4)CC3)CC2)n1. The molecule has 40 heavy (non-hydrogen) atoms. The number of nitrogens with one attached hydrogen (secondary N) is 1. The molecule has 2 heterocycles. The molecule has 5 rings (SSSR count). The molecular weight excluding hydrogens is 519 g/mol. The normalized spacial score (nSPS) is 30.5. The number of anilines is 1. The van der Waals surface area contributed by atoms with Gasteiger partial charge < -0.3 is 15.3 Å². The van der Waals surface area contributed by atoms with Gasteiger partial charge in [-0.2, -0.15) is 13.2 Å². The van der Waals surface area contributed by atoms with Crippen molar-refractivity contribution in [2.75, 3.05) is 37.6 Å². The summed E-state index contributed by atoms with van der Waals surface area (Å²) in [6, 6.07) is 2.26. The lowest BCUT2D eigenvalue weighted by molar-refractivity contribution is -0.296. The number of carbonyl (C=O) groups excluding carboxylic acids is 1. The molecule has 2 N–H and O–H groups in total. The molecular formula is C30H46F3N5O2. The summed E-state index contributed by atoms with van der Waals surface area (Å²) in [4.78, 5) is 27.3. The maximum absolute atomic E-state index is 12.8. The number of aliphatic hydroxyl groups is 1. The van der Waals surface area contributed by atoms with E-state index in [-0.39, 0.29) is 17.4 Å². The zero-order valence-electron chi connectivity index (χ0n) is 24.3. The zero-order valence-corrected chi connectivity index (χ0v) is 24.3. The number of aromatic nitrogens is 2. The van der Waals surface area contributed by atoms with Gasteiger partial charge in [0.15, 0.2) is 5.60 Å². The molecule has 0 unspecified atom stereocenters. The van der Waals surface area contributed by atoms with E-state index in [1.165, 1.54) is 25.0 Å². The molecule has 224 valence electrons. The molecule has 4 fully saturated rings. The third-order valence-electron chi connectivity index (χ3n) is 9.74. The quantitative estimate of drug-likeness (QED) is 0.488. The Morgan fingerprint density at radius 3 is 2.23 bits per heavy atom. The molecule has 1 aliphatic heterocycles. The van der Waals surface area contributed by atoms with E-state index in [9.17, 15) is 23.1 Å². The van der Waals surface area contributed by atoms with Crippen LogP contribution in [0, 0.1) is 11.8 Å². The predicted molar refractivity (Wildman–Crippen MR) is 148 cm³/mol. The molecule has 7 nitrogen and oxygen atoms in total. The fourth-order valence-corrected chi connectivity index (χ4v) is 6.52. The summed E-state index contributed by atoms with van der Waals surface area (Å²) in [6.07, 6.45) is 2.97. The number of piperazine rings is 1. The maximum atomic E-state index is 12.8. The summed E-state index contributed by atoms with van der Waals surface area (Å²) < 4.78 is 38.5. The second-order valence-electron chi connectivity index (χ2n) is 13.8. The summed E-state index contributed by atoms with van der Waals surface area (Å²) in [7, 11) is 0. The summed E-state index contributed by atoms with van der Waals surface area (Å²) in [5.41, 5.74) is -1.55. The van der Waals surface area contributed by atoms with Gasteiger partial charge >= 0.3 is 6.18 Å². The third-order valence-corrected chi connectivity index (χ3v) is 9.74. The lowest BCUT2D eigenvalue weighted by Gasteiger charge is -2.44. The van der Waals surface area contributed by atoms with Gasteiger partial charge in [0, 0.05) is 61.2 Å². The molecule has 0 spiro atoms. The number of rotatable bonds is 7. The summed E-state index contributed by atoms with van der Waals surface area (Å²) in [5.74, 6) is 2.14. The van der Waals surface area contributed by atoms with E-state index in [0.29, 0.717) is 11.8 Å². The molecule has 1 aromatic rings. The first-order chi connectivity index (χ1) is 18.8. The van der Waals surface area contributed by atoms with E-state index < -0.39 is 30.5 Å². The van der Waals surface area contributed by atoms with Gasteiger partial charge in [0.1, 0.15) is 11.6 Å². The highest BCUT2D eigenvalue weighted by Gasteiger charge is 2.62. The number of hydrogen-bond acceptors (Lipinski definition) is 6. The van der Waals surface area contributed by atoms with Crippen LogP contribution in [0.2, 0.25) is 0 Å². The van der Waals surface area contributed by atoms with Crippen LogP contribution >= 0.6 is 0 Å². The minimum Gasteiger partial charge on any atom is -0.380 e. The van der Waals surface area contributed by atoms with Crippen molar-refractivity contribution >= 4 is 11.7 Å². The van der Waals surface area contributed by atoms with Crippen LogP contribution < -0.4 is 10.2 Å². The Hall–Kier alpha value is -1.94. The second-order valence-corrected chi connectivity index (χ2v) is 13.8. The minimum absolute atomic E-state index is 0.0301. The topological polar surface area (TPSA) is 81.6 Å². The molecule has 0 aromatic carbocycles. The standard InChI is InChI=1S/C30H46F3N5O2/c1-28(2,3)27-35-24(21-5-4-6-21)17-25(36-27)38-15-13-37(14-16-38)12-11-20-7-9-23(10-8-20)34-26(39)22-18-29(40,19-22)30(31,32)33/h17,20-23,40H,4-16,18-19H2,1-3H3,(H,34,39)/t20-,22?,23-,29?. The molecule has 10 heteroatoms. The van der Waals surface area contributed by atoms with E-state index in [0.717, 1.165) is 76.5 Å². The lowest BCUT2D eigenvalue weighted by Crippen LogP contribution is -2.59. The van der Waals surface area contributed by atoms with E-state index in [1.54, 1.807) is 0 Å².